The highest BCUT2D eigenvalue weighted by molar-refractivity contribution is 6.30. The van der Waals surface area contributed by atoms with Gasteiger partial charge in [0, 0.05) is 51.4 Å². The molecule has 0 bridgehead atoms. The number of fused-ring (bicyclic) bond motifs is 1. The van der Waals surface area contributed by atoms with Crippen LogP contribution in [0.2, 0.25) is 5.02 Å². The number of hydrogen-bond donors (Lipinski definition) is 1. The van der Waals surface area contributed by atoms with E-state index in [9.17, 15) is 14.3 Å². The average Bonchev–Trinajstić information content (AvgIpc) is 3.85. The van der Waals surface area contributed by atoms with Gasteiger partial charge in [-0.2, -0.15) is 0 Å². The van der Waals surface area contributed by atoms with Crippen LogP contribution in [0.5, 0.6) is 0 Å². The molecule has 204 valence electrons. The molecule has 0 spiro atoms. The Hall–Kier alpha value is -2.29. The second-order valence-electron chi connectivity index (χ2n) is 11.8. The predicted octanol–water partition coefficient (Wildman–Crippen LogP) is 4.36. The first kappa shape index (κ1) is 26.0. The smallest absolute Gasteiger partial charge is 0.231 e. The molecule has 1 N–H and O–H groups in total. The highest BCUT2D eigenvalue weighted by atomic mass is 35.5. The van der Waals surface area contributed by atoms with E-state index in [0.29, 0.717) is 44.7 Å². The SMILES string of the molecule is C[C@@H]1C[C@H](O)c2ncnc(N3CCN(C(=O)[C@H](CN(CC4CC4)CC4CC4)c4ccc(Cl)c(F)c4)CC3)c21. The maximum absolute atomic E-state index is 14.5. The molecule has 2 aromatic rings. The molecular formula is C29H37ClFN5O2. The quantitative estimate of drug-likeness (QED) is 0.508. The second kappa shape index (κ2) is 10.7. The van der Waals surface area contributed by atoms with Crippen molar-refractivity contribution < 1.29 is 14.3 Å². The van der Waals surface area contributed by atoms with Gasteiger partial charge in [-0.05, 0) is 67.6 Å². The Morgan fingerprint density at radius 2 is 1.82 bits per heavy atom. The van der Waals surface area contributed by atoms with E-state index >= 15 is 0 Å². The molecule has 2 heterocycles. The van der Waals surface area contributed by atoms with Crippen LogP contribution >= 0.6 is 11.6 Å². The van der Waals surface area contributed by atoms with Gasteiger partial charge in [0.1, 0.15) is 18.0 Å². The van der Waals surface area contributed by atoms with E-state index in [1.807, 2.05) is 11.0 Å². The molecule has 6 rings (SSSR count). The van der Waals surface area contributed by atoms with Gasteiger partial charge in [0.15, 0.2) is 0 Å². The van der Waals surface area contributed by atoms with Crippen LogP contribution in [0.15, 0.2) is 24.5 Å². The number of aliphatic hydroxyl groups excluding tert-OH is 1. The van der Waals surface area contributed by atoms with E-state index in [0.717, 1.165) is 42.0 Å². The van der Waals surface area contributed by atoms with Crippen LogP contribution in [0.4, 0.5) is 10.2 Å². The van der Waals surface area contributed by atoms with Gasteiger partial charge in [-0.1, -0.05) is 24.6 Å². The van der Waals surface area contributed by atoms with Crippen LogP contribution in [0.25, 0.3) is 0 Å². The van der Waals surface area contributed by atoms with Crippen molar-refractivity contribution in [1.29, 1.82) is 0 Å². The number of hydrogen-bond acceptors (Lipinski definition) is 6. The number of carbonyl (C=O) groups excluding carboxylic acids is 1. The molecule has 0 radical (unpaired) electrons. The Morgan fingerprint density at radius 3 is 2.45 bits per heavy atom. The van der Waals surface area contributed by atoms with Gasteiger partial charge < -0.3 is 19.8 Å². The molecule has 1 aromatic carbocycles. The Morgan fingerprint density at radius 1 is 1.13 bits per heavy atom. The van der Waals surface area contributed by atoms with Crippen molar-refractivity contribution in [3.8, 4) is 0 Å². The van der Waals surface area contributed by atoms with Crippen molar-refractivity contribution in [2.45, 2.75) is 57.0 Å². The summed E-state index contributed by atoms with van der Waals surface area (Å²) >= 11 is 5.99. The Balaban J connectivity index is 1.19. The van der Waals surface area contributed by atoms with Crippen molar-refractivity contribution >= 4 is 23.3 Å². The molecule has 4 aliphatic rings. The second-order valence-corrected chi connectivity index (χ2v) is 12.2. The van der Waals surface area contributed by atoms with E-state index in [-0.39, 0.29) is 16.8 Å². The molecule has 3 atom stereocenters. The monoisotopic (exact) mass is 541 g/mol. The summed E-state index contributed by atoms with van der Waals surface area (Å²) in [6, 6.07) is 4.83. The van der Waals surface area contributed by atoms with E-state index in [2.05, 4.69) is 26.7 Å². The lowest BCUT2D eigenvalue weighted by Crippen LogP contribution is -2.51. The lowest BCUT2D eigenvalue weighted by Gasteiger charge is -2.38. The first-order valence-corrected chi connectivity index (χ1v) is 14.5. The third-order valence-electron chi connectivity index (χ3n) is 8.68. The fourth-order valence-corrected chi connectivity index (χ4v) is 6.30. The van der Waals surface area contributed by atoms with Crippen molar-refractivity contribution in [2.75, 3.05) is 50.7 Å². The van der Waals surface area contributed by atoms with Crippen molar-refractivity contribution in [1.82, 2.24) is 19.8 Å². The van der Waals surface area contributed by atoms with Crippen LogP contribution < -0.4 is 4.90 Å². The van der Waals surface area contributed by atoms with Gasteiger partial charge in [-0.15, -0.1) is 0 Å². The van der Waals surface area contributed by atoms with Gasteiger partial charge >= 0.3 is 0 Å². The number of aliphatic hydroxyl groups is 1. The molecule has 1 amide bonds. The number of anilines is 1. The van der Waals surface area contributed by atoms with Crippen molar-refractivity contribution in [2.24, 2.45) is 11.8 Å². The molecule has 9 heteroatoms. The molecule has 38 heavy (non-hydrogen) atoms. The topological polar surface area (TPSA) is 72.8 Å². The Kier molecular flexibility index (Phi) is 7.31. The summed E-state index contributed by atoms with van der Waals surface area (Å²) in [6.07, 6.45) is 6.71. The minimum absolute atomic E-state index is 0.0553. The summed E-state index contributed by atoms with van der Waals surface area (Å²) in [5.74, 6) is 1.68. The lowest BCUT2D eigenvalue weighted by molar-refractivity contribution is -0.133. The maximum Gasteiger partial charge on any atom is 0.231 e. The number of amides is 1. The van der Waals surface area contributed by atoms with E-state index in [4.69, 9.17) is 11.6 Å². The molecule has 1 aliphatic heterocycles. The minimum atomic E-state index is -0.542. The molecule has 7 nitrogen and oxygen atoms in total. The van der Waals surface area contributed by atoms with Gasteiger partial charge in [-0.3, -0.25) is 4.79 Å². The fraction of sp³-hybridized carbons (Fsp3) is 0.621. The highest BCUT2D eigenvalue weighted by Crippen LogP contribution is 2.43. The zero-order valence-electron chi connectivity index (χ0n) is 22.0. The summed E-state index contributed by atoms with van der Waals surface area (Å²) in [7, 11) is 0. The molecule has 3 fully saturated rings. The number of benzene rings is 1. The third kappa shape index (κ3) is 5.54. The van der Waals surface area contributed by atoms with Crippen LogP contribution in [-0.2, 0) is 4.79 Å². The predicted molar refractivity (Wildman–Crippen MR) is 145 cm³/mol. The maximum atomic E-state index is 14.5. The van der Waals surface area contributed by atoms with Gasteiger partial charge in [0.05, 0.1) is 22.7 Å². The molecule has 1 aromatic heterocycles. The number of piperazine rings is 1. The van der Waals surface area contributed by atoms with Crippen LogP contribution in [0, 0.1) is 17.7 Å². The summed E-state index contributed by atoms with van der Waals surface area (Å²) in [5, 5.41) is 10.5. The van der Waals surface area contributed by atoms with Crippen LogP contribution in [0.3, 0.4) is 0 Å². The normalized spacial score (nSPS) is 24.1. The number of halogens is 2. The standard InChI is InChI=1S/C29H37ClFN5O2/c1-18-12-25(37)27-26(18)28(33-17-32-27)35-8-10-36(11-9-35)29(38)22(21-6-7-23(30)24(31)13-21)16-34(14-19-2-3-19)15-20-4-5-20/h6-7,13,17-20,22,25,37H,2-5,8-12,14-16H2,1H3/t18-,22-,25+/m1/s1. The molecule has 1 saturated heterocycles. The number of nitrogens with zero attached hydrogens (tertiary/aromatic N) is 5. The first-order chi connectivity index (χ1) is 18.4. The van der Waals surface area contributed by atoms with Gasteiger partial charge in [0.25, 0.3) is 0 Å². The zero-order chi connectivity index (χ0) is 26.4. The van der Waals surface area contributed by atoms with E-state index in [1.54, 1.807) is 6.07 Å². The fourth-order valence-electron chi connectivity index (χ4n) is 6.18. The van der Waals surface area contributed by atoms with Crippen molar-refractivity contribution in [3.05, 3.63) is 52.2 Å². The van der Waals surface area contributed by atoms with Crippen molar-refractivity contribution in [3.63, 3.8) is 0 Å². The number of carbonyl (C=O) groups is 1. The van der Waals surface area contributed by atoms with E-state index < -0.39 is 17.8 Å². The van der Waals surface area contributed by atoms with Gasteiger partial charge in [-0.25, -0.2) is 14.4 Å². The molecule has 2 saturated carbocycles. The lowest BCUT2D eigenvalue weighted by atomic mass is 9.95. The Labute approximate surface area is 229 Å². The number of rotatable bonds is 9. The van der Waals surface area contributed by atoms with Gasteiger partial charge in [0.2, 0.25) is 5.91 Å². The summed E-state index contributed by atoms with van der Waals surface area (Å²) < 4.78 is 14.5. The molecule has 0 unspecified atom stereocenters. The highest BCUT2D eigenvalue weighted by Gasteiger charge is 2.37. The first-order valence-electron chi connectivity index (χ1n) is 14.1. The Bertz CT molecular complexity index is 1170. The van der Waals surface area contributed by atoms with Crippen LogP contribution in [-0.4, -0.2) is 76.6 Å². The summed E-state index contributed by atoms with van der Waals surface area (Å²) in [4.78, 5) is 29.5. The third-order valence-corrected chi connectivity index (χ3v) is 8.99. The average molecular weight is 542 g/mol. The van der Waals surface area contributed by atoms with Crippen LogP contribution in [0.1, 0.15) is 73.8 Å². The zero-order valence-corrected chi connectivity index (χ0v) is 22.8. The molecular weight excluding hydrogens is 505 g/mol. The number of aromatic nitrogens is 2. The summed E-state index contributed by atoms with van der Waals surface area (Å²) in [5.41, 5.74) is 2.47. The largest absolute Gasteiger partial charge is 0.387 e. The molecule has 3 aliphatic carbocycles. The summed E-state index contributed by atoms with van der Waals surface area (Å²) in [6.45, 7) is 7.23. The minimum Gasteiger partial charge on any atom is -0.387 e. The van der Waals surface area contributed by atoms with E-state index in [1.165, 1.54) is 38.1 Å².